The molecule has 0 saturated heterocycles. The first-order chi connectivity index (χ1) is 11.9. The van der Waals surface area contributed by atoms with E-state index in [4.69, 9.17) is 27.9 Å². The number of ether oxygens (including phenoxy) is 1. The highest BCUT2D eigenvalue weighted by Crippen LogP contribution is 2.31. The topological polar surface area (TPSA) is 58.6 Å². The molecule has 0 atom stereocenters. The Morgan fingerprint density at radius 2 is 1.84 bits per heavy atom. The number of rotatable bonds is 6. The molecule has 0 spiro atoms. The molecule has 0 bridgehead atoms. The van der Waals surface area contributed by atoms with Crippen LogP contribution in [0.25, 0.3) is 0 Å². The van der Waals surface area contributed by atoms with Crippen molar-refractivity contribution in [3.05, 3.63) is 58.3 Å². The fraction of sp³-hybridized carbons (Fsp3) is 0.176. The monoisotopic (exact) mass is 384 g/mol. The predicted octanol–water partition coefficient (Wildman–Crippen LogP) is 3.61. The molecule has 0 saturated carbocycles. The molecule has 2 rings (SSSR count). The third-order valence-corrected chi connectivity index (χ3v) is 4.00. The third-order valence-electron chi connectivity index (χ3n) is 3.20. The van der Waals surface area contributed by atoms with Gasteiger partial charge < -0.3 is 15.0 Å². The van der Waals surface area contributed by atoms with Gasteiger partial charge in [-0.15, -0.1) is 0 Å². The summed E-state index contributed by atoms with van der Waals surface area (Å²) in [5, 5.41) is 3.10. The molecule has 2 amide bonds. The van der Waals surface area contributed by atoms with Crippen molar-refractivity contribution in [2.24, 2.45) is 0 Å². The van der Waals surface area contributed by atoms with E-state index in [1.165, 1.54) is 36.2 Å². The molecule has 25 heavy (non-hydrogen) atoms. The first kappa shape index (κ1) is 19.0. The van der Waals surface area contributed by atoms with Gasteiger partial charge in [-0.05, 0) is 36.4 Å². The van der Waals surface area contributed by atoms with Crippen molar-refractivity contribution < 1.29 is 18.7 Å². The minimum absolute atomic E-state index is 0.178. The first-order valence-corrected chi connectivity index (χ1v) is 7.98. The molecule has 2 aromatic rings. The van der Waals surface area contributed by atoms with E-state index in [9.17, 15) is 14.0 Å². The number of carbonyl (C=O) groups is 2. The van der Waals surface area contributed by atoms with Crippen molar-refractivity contribution in [2.75, 3.05) is 25.5 Å². The Morgan fingerprint density at radius 3 is 2.52 bits per heavy atom. The molecule has 0 unspecified atom stereocenters. The molecule has 132 valence electrons. The smallest absolute Gasteiger partial charge is 0.260 e. The average Bonchev–Trinajstić information content (AvgIpc) is 2.58. The molecule has 5 nitrogen and oxygen atoms in total. The van der Waals surface area contributed by atoms with Crippen LogP contribution in [0.4, 0.5) is 10.1 Å². The van der Waals surface area contributed by atoms with Gasteiger partial charge in [-0.3, -0.25) is 9.59 Å². The molecular formula is C17H15Cl2FN2O3. The SMILES string of the molecule is CN(CC(=O)Nc1ccc(F)cc1)C(=O)COc1cccc(Cl)c1Cl. The predicted molar refractivity (Wildman–Crippen MR) is 94.6 cm³/mol. The van der Waals surface area contributed by atoms with Gasteiger partial charge in [0.2, 0.25) is 5.91 Å². The number of anilines is 1. The van der Waals surface area contributed by atoms with Crippen LogP contribution < -0.4 is 10.1 Å². The van der Waals surface area contributed by atoms with Gasteiger partial charge >= 0.3 is 0 Å². The van der Waals surface area contributed by atoms with Crippen LogP contribution in [0.5, 0.6) is 5.75 Å². The standard InChI is InChI=1S/C17H15Cl2FN2O3/c1-22(9-15(23)21-12-7-5-11(20)6-8-12)16(24)10-25-14-4-2-3-13(18)17(14)19/h2-8H,9-10H2,1H3,(H,21,23). The van der Waals surface area contributed by atoms with Crippen LogP contribution >= 0.6 is 23.2 Å². The van der Waals surface area contributed by atoms with Crippen molar-refractivity contribution in [3.8, 4) is 5.75 Å². The van der Waals surface area contributed by atoms with Crippen molar-refractivity contribution in [1.29, 1.82) is 0 Å². The lowest BCUT2D eigenvalue weighted by Gasteiger charge is -2.17. The highest BCUT2D eigenvalue weighted by atomic mass is 35.5. The number of likely N-dealkylation sites (N-methyl/N-ethyl adjacent to an activating group) is 1. The van der Waals surface area contributed by atoms with E-state index < -0.39 is 17.6 Å². The van der Waals surface area contributed by atoms with Gasteiger partial charge in [0.1, 0.15) is 16.6 Å². The maximum absolute atomic E-state index is 12.8. The summed E-state index contributed by atoms with van der Waals surface area (Å²) in [6, 6.07) is 10.2. The first-order valence-electron chi connectivity index (χ1n) is 7.23. The van der Waals surface area contributed by atoms with Gasteiger partial charge in [0.25, 0.3) is 5.91 Å². The quantitative estimate of drug-likeness (QED) is 0.827. The zero-order valence-electron chi connectivity index (χ0n) is 13.3. The molecule has 0 aliphatic carbocycles. The fourth-order valence-electron chi connectivity index (χ4n) is 1.88. The highest BCUT2D eigenvalue weighted by molar-refractivity contribution is 6.42. The summed E-state index contributed by atoms with van der Waals surface area (Å²) in [6.45, 7) is -0.469. The zero-order chi connectivity index (χ0) is 18.4. The lowest BCUT2D eigenvalue weighted by Crippen LogP contribution is -2.37. The number of hydrogen-bond donors (Lipinski definition) is 1. The zero-order valence-corrected chi connectivity index (χ0v) is 14.8. The summed E-state index contributed by atoms with van der Waals surface area (Å²) >= 11 is 11.8. The Hall–Kier alpha value is -2.31. The average molecular weight is 385 g/mol. The van der Waals surface area contributed by atoms with Crippen LogP contribution in [0.15, 0.2) is 42.5 Å². The fourth-order valence-corrected chi connectivity index (χ4v) is 2.23. The van der Waals surface area contributed by atoms with E-state index in [1.54, 1.807) is 18.2 Å². The van der Waals surface area contributed by atoms with Crippen molar-refractivity contribution >= 4 is 40.7 Å². The van der Waals surface area contributed by atoms with Crippen LogP contribution in [0.3, 0.4) is 0 Å². The van der Waals surface area contributed by atoms with E-state index in [2.05, 4.69) is 5.32 Å². The van der Waals surface area contributed by atoms with Crippen LogP contribution in [-0.2, 0) is 9.59 Å². The lowest BCUT2D eigenvalue weighted by molar-refractivity contribution is -0.135. The Morgan fingerprint density at radius 1 is 1.16 bits per heavy atom. The highest BCUT2D eigenvalue weighted by Gasteiger charge is 2.15. The third kappa shape index (κ3) is 5.62. The minimum Gasteiger partial charge on any atom is -0.482 e. The van der Waals surface area contributed by atoms with Gasteiger partial charge in [-0.2, -0.15) is 0 Å². The Bertz CT molecular complexity index is 769. The molecule has 8 heteroatoms. The molecular weight excluding hydrogens is 370 g/mol. The molecule has 0 aliphatic heterocycles. The second-order valence-corrected chi connectivity index (χ2v) is 5.93. The number of hydrogen-bond acceptors (Lipinski definition) is 3. The van der Waals surface area contributed by atoms with Gasteiger partial charge in [0.15, 0.2) is 6.61 Å². The van der Waals surface area contributed by atoms with Gasteiger partial charge in [0.05, 0.1) is 11.6 Å². The molecule has 0 fully saturated rings. The Labute approximate surface area is 154 Å². The number of benzene rings is 2. The molecule has 2 aromatic carbocycles. The van der Waals surface area contributed by atoms with Crippen LogP contribution in [-0.4, -0.2) is 36.9 Å². The number of carbonyl (C=O) groups excluding carboxylic acids is 2. The van der Waals surface area contributed by atoms with Gasteiger partial charge in [0, 0.05) is 12.7 Å². The molecule has 1 N–H and O–H groups in total. The summed E-state index contributed by atoms with van der Waals surface area (Å²) in [5.74, 6) is -0.942. The summed E-state index contributed by atoms with van der Waals surface area (Å²) in [7, 11) is 1.47. The Kier molecular flexibility index (Phi) is 6.61. The summed E-state index contributed by atoms with van der Waals surface area (Å²) in [5.41, 5.74) is 0.439. The second kappa shape index (κ2) is 8.69. The van der Waals surface area contributed by atoms with E-state index in [0.717, 1.165) is 0 Å². The number of nitrogens with zero attached hydrogens (tertiary/aromatic N) is 1. The summed E-state index contributed by atoms with van der Waals surface area (Å²) < 4.78 is 18.2. The van der Waals surface area contributed by atoms with Crippen molar-refractivity contribution in [2.45, 2.75) is 0 Å². The molecule has 0 heterocycles. The number of halogens is 3. The van der Waals surface area contributed by atoms with Crippen LogP contribution in [0.2, 0.25) is 10.0 Å². The normalized spacial score (nSPS) is 10.2. The summed E-state index contributed by atoms with van der Waals surface area (Å²) in [4.78, 5) is 25.2. The van der Waals surface area contributed by atoms with E-state index in [-0.39, 0.29) is 23.9 Å². The van der Waals surface area contributed by atoms with E-state index >= 15 is 0 Å². The Balaban J connectivity index is 1.84. The largest absolute Gasteiger partial charge is 0.482 e. The number of amides is 2. The van der Waals surface area contributed by atoms with Crippen molar-refractivity contribution in [1.82, 2.24) is 4.90 Å². The van der Waals surface area contributed by atoms with Crippen LogP contribution in [0, 0.1) is 5.82 Å². The summed E-state index contributed by atoms with van der Waals surface area (Å²) in [6.07, 6.45) is 0. The lowest BCUT2D eigenvalue weighted by atomic mass is 10.3. The van der Waals surface area contributed by atoms with Gasteiger partial charge in [-0.1, -0.05) is 29.3 Å². The molecule has 0 radical (unpaired) electrons. The number of nitrogens with one attached hydrogen (secondary N) is 1. The minimum atomic E-state index is -0.414. The van der Waals surface area contributed by atoms with E-state index in [0.29, 0.717) is 10.7 Å². The second-order valence-electron chi connectivity index (χ2n) is 5.15. The molecule has 0 aromatic heterocycles. The van der Waals surface area contributed by atoms with Crippen molar-refractivity contribution in [3.63, 3.8) is 0 Å². The maximum Gasteiger partial charge on any atom is 0.260 e. The van der Waals surface area contributed by atoms with Crippen LogP contribution in [0.1, 0.15) is 0 Å². The molecule has 0 aliphatic rings. The van der Waals surface area contributed by atoms with Gasteiger partial charge in [-0.25, -0.2) is 4.39 Å². The maximum atomic E-state index is 12.8. The van der Waals surface area contributed by atoms with E-state index in [1.807, 2.05) is 0 Å².